The summed E-state index contributed by atoms with van der Waals surface area (Å²) in [4.78, 5) is 17.4. The summed E-state index contributed by atoms with van der Waals surface area (Å²) in [5.74, 6) is 1.86. The summed E-state index contributed by atoms with van der Waals surface area (Å²) in [7, 11) is 0. The van der Waals surface area contributed by atoms with E-state index in [1.165, 1.54) is 5.56 Å². The lowest BCUT2D eigenvalue weighted by molar-refractivity contribution is 0.475. The monoisotopic (exact) mass is 328 g/mol. The summed E-state index contributed by atoms with van der Waals surface area (Å²) < 4.78 is 8.16. The van der Waals surface area contributed by atoms with Crippen molar-refractivity contribution < 1.29 is 4.74 Å². The molecule has 0 saturated heterocycles. The highest BCUT2D eigenvalue weighted by Crippen LogP contribution is 2.41. The van der Waals surface area contributed by atoms with Crippen molar-refractivity contribution in [2.75, 3.05) is 0 Å². The number of para-hydroxylation sites is 1. The fourth-order valence-electron chi connectivity index (χ4n) is 3.53. The number of aromatic nitrogens is 2. The van der Waals surface area contributed by atoms with Crippen LogP contribution >= 0.6 is 0 Å². The topological polar surface area (TPSA) is 44.1 Å². The number of rotatable bonds is 1. The molecule has 0 fully saturated rings. The highest BCUT2D eigenvalue weighted by atomic mass is 16.5. The molecule has 0 aliphatic carbocycles. The van der Waals surface area contributed by atoms with Gasteiger partial charge in [0.1, 0.15) is 11.2 Å². The molecule has 0 amide bonds. The SMILES string of the molecule is CC(C)c1ccc2c(c1)-n1c3ncccc3c(=O)c3cccc(c31)O2. The summed E-state index contributed by atoms with van der Waals surface area (Å²) in [5, 5.41) is 1.27. The Labute approximate surface area is 144 Å². The number of hydrogen-bond donors (Lipinski definition) is 0. The average Bonchev–Trinajstić information content (AvgIpc) is 2.64. The van der Waals surface area contributed by atoms with Gasteiger partial charge < -0.3 is 4.74 Å². The summed E-state index contributed by atoms with van der Waals surface area (Å²) in [6.07, 6.45) is 1.72. The highest BCUT2D eigenvalue weighted by Gasteiger charge is 2.24. The summed E-state index contributed by atoms with van der Waals surface area (Å²) >= 11 is 0. The van der Waals surface area contributed by atoms with Crippen molar-refractivity contribution in [2.45, 2.75) is 19.8 Å². The minimum atomic E-state index is -0.0109. The molecular weight excluding hydrogens is 312 g/mol. The van der Waals surface area contributed by atoms with Crippen LogP contribution in [0.5, 0.6) is 11.5 Å². The third-order valence-electron chi connectivity index (χ3n) is 4.82. The van der Waals surface area contributed by atoms with Gasteiger partial charge in [0.15, 0.2) is 16.9 Å². The molecular formula is C21H16N2O2. The van der Waals surface area contributed by atoms with Gasteiger partial charge in [0.2, 0.25) is 0 Å². The van der Waals surface area contributed by atoms with Gasteiger partial charge in [-0.25, -0.2) is 4.98 Å². The van der Waals surface area contributed by atoms with Gasteiger partial charge in [-0.1, -0.05) is 26.0 Å². The number of ether oxygens (including phenoxy) is 1. The van der Waals surface area contributed by atoms with E-state index in [4.69, 9.17) is 4.74 Å². The zero-order chi connectivity index (χ0) is 17.1. The minimum Gasteiger partial charge on any atom is -0.453 e. The molecule has 0 radical (unpaired) electrons. The van der Waals surface area contributed by atoms with Crippen LogP contribution in [0.2, 0.25) is 0 Å². The number of hydrogen-bond acceptors (Lipinski definition) is 3. The molecule has 0 atom stereocenters. The molecule has 5 rings (SSSR count). The van der Waals surface area contributed by atoms with Crippen LogP contribution in [-0.4, -0.2) is 9.55 Å². The second-order valence-electron chi connectivity index (χ2n) is 6.68. The van der Waals surface area contributed by atoms with Crippen molar-refractivity contribution in [1.82, 2.24) is 9.55 Å². The standard InChI is InChI=1S/C21H16N2O2/c1-12(2)13-8-9-17-16(11-13)23-19-14(5-3-7-18(19)25-17)20(24)15-6-4-10-22-21(15)23/h3-12H,1-2H3. The lowest BCUT2D eigenvalue weighted by atomic mass is 10.0. The molecule has 122 valence electrons. The Bertz CT molecular complexity index is 1220. The Morgan fingerprint density at radius 3 is 2.68 bits per heavy atom. The number of benzene rings is 2. The summed E-state index contributed by atoms with van der Waals surface area (Å²) in [6.45, 7) is 4.33. The first-order valence-corrected chi connectivity index (χ1v) is 8.40. The summed E-state index contributed by atoms with van der Waals surface area (Å²) in [6, 6.07) is 15.5. The van der Waals surface area contributed by atoms with Gasteiger partial charge in [0, 0.05) is 6.20 Å². The highest BCUT2D eigenvalue weighted by molar-refractivity contribution is 5.98. The lowest BCUT2D eigenvalue weighted by Gasteiger charge is -2.25. The van der Waals surface area contributed by atoms with E-state index in [0.29, 0.717) is 28.1 Å². The van der Waals surface area contributed by atoms with E-state index in [1.54, 1.807) is 12.3 Å². The van der Waals surface area contributed by atoms with E-state index in [2.05, 4.69) is 35.5 Å². The smallest absolute Gasteiger partial charge is 0.199 e. The molecule has 0 unspecified atom stereocenters. The fourth-order valence-corrected chi connectivity index (χ4v) is 3.53. The largest absolute Gasteiger partial charge is 0.453 e. The molecule has 0 saturated carbocycles. The molecule has 4 heteroatoms. The maximum Gasteiger partial charge on any atom is 0.199 e. The molecule has 2 aromatic carbocycles. The predicted octanol–water partition coefficient (Wildman–Crippen LogP) is 4.77. The van der Waals surface area contributed by atoms with E-state index >= 15 is 0 Å². The fraction of sp³-hybridized carbons (Fsp3) is 0.143. The first-order valence-electron chi connectivity index (χ1n) is 8.40. The lowest BCUT2D eigenvalue weighted by Crippen LogP contribution is -2.15. The van der Waals surface area contributed by atoms with Crippen LogP contribution in [-0.2, 0) is 0 Å². The van der Waals surface area contributed by atoms with Crippen LogP contribution in [0.15, 0.2) is 59.5 Å². The molecule has 2 aromatic heterocycles. The normalized spacial score (nSPS) is 12.4. The zero-order valence-electron chi connectivity index (χ0n) is 14.0. The number of pyridine rings is 2. The summed E-state index contributed by atoms with van der Waals surface area (Å²) in [5.41, 5.74) is 3.59. The van der Waals surface area contributed by atoms with Crippen molar-refractivity contribution in [2.24, 2.45) is 0 Å². The molecule has 3 heterocycles. The molecule has 0 N–H and O–H groups in total. The average molecular weight is 328 g/mol. The number of nitrogens with zero attached hydrogens (tertiary/aromatic N) is 2. The maximum atomic E-state index is 12.9. The molecule has 4 nitrogen and oxygen atoms in total. The predicted molar refractivity (Wildman–Crippen MR) is 99.0 cm³/mol. The van der Waals surface area contributed by atoms with Gasteiger partial charge in [0.05, 0.1) is 16.5 Å². The van der Waals surface area contributed by atoms with E-state index in [9.17, 15) is 4.79 Å². The Kier molecular flexibility index (Phi) is 2.80. The van der Waals surface area contributed by atoms with Gasteiger partial charge in [-0.15, -0.1) is 0 Å². The third kappa shape index (κ3) is 1.88. The quantitative estimate of drug-likeness (QED) is 0.416. The number of fused-ring (bicyclic) bond motifs is 4. The van der Waals surface area contributed by atoms with Gasteiger partial charge in [0.25, 0.3) is 0 Å². The second-order valence-corrected chi connectivity index (χ2v) is 6.68. The van der Waals surface area contributed by atoms with Crippen LogP contribution in [0.4, 0.5) is 0 Å². The van der Waals surface area contributed by atoms with Crippen LogP contribution in [0.25, 0.3) is 27.6 Å². The Morgan fingerprint density at radius 1 is 1.00 bits per heavy atom. The first-order chi connectivity index (χ1) is 12.1. The first kappa shape index (κ1) is 14.2. The van der Waals surface area contributed by atoms with Gasteiger partial charge in [-0.2, -0.15) is 0 Å². The van der Waals surface area contributed by atoms with Crippen molar-refractivity contribution in [3.8, 4) is 17.2 Å². The van der Waals surface area contributed by atoms with Crippen molar-refractivity contribution in [3.05, 3.63) is 70.5 Å². The van der Waals surface area contributed by atoms with E-state index in [1.807, 2.05) is 30.3 Å². The minimum absolute atomic E-state index is 0.0109. The van der Waals surface area contributed by atoms with Gasteiger partial charge in [-0.05, 0) is 47.9 Å². The molecule has 1 aliphatic heterocycles. The van der Waals surface area contributed by atoms with Crippen LogP contribution in [0.1, 0.15) is 25.3 Å². The Hall–Kier alpha value is -3.14. The van der Waals surface area contributed by atoms with Crippen LogP contribution in [0, 0.1) is 0 Å². The van der Waals surface area contributed by atoms with Crippen molar-refractivity contribution in [1.29, 1.82) is 0 Å². The van der Waals surface area contributed by atoms with E-state index in [-0.39, 0.29) is 5.43 Å². The molecule has 1 aliphatic rings. The molecule has 0 spiro atoms. The zero-order valence-corrected chi connectivity index (χ0v) is 14.0. The van der Waals surface area contributed by atoms with Gasteiger partial charge in [-0.3, -0.25) is 9.36 Å². The van der Waals surface area contributed by atoms with Crippen LogP contribution in [0.3, 0.4) is 0 Å². The second kappa shape index (κ2) is 4.93. The Balaban J connectivity index is 2.04. The van der Waals surface area contributed by atoms with Crippen molar-refractivity contribution in [3.63, 3.8) is 0 Å². The van der Waals surface area contributed by atoms with Crippen molar-refractivity contribution >= 4 is 21.9 Å². The molecule has 25 heavy (non-hydrogen) atoms. The molecule has 0 bridgehead atoms. The van der Waals surface area contributed by atoms with E-state index < -0.39 is 0 Å². The van der Waals surface area contributed by atoms with Crippen LogP contribution < -0.4 is 10.2 Å². The molecule has 4 aromatic rings. The van der Waals surface area contributed by atoms with E-state index in [0.717, 1.165) is 17.0 Å². The third-order valence-corrected chi connectivity index (χ3v) is 4.82. The maximum absolute atomic E-state index is 12.9. The Morgan fingerprint density at radius 2 is 1.84 bits per heavy atom. The van der Waals surface area contributed by atoms with Gasteiger partial charge >= 0.3 is 0 Å².